The van der Waals surface area contributed by atoms with Crippen LogP contribution in [0.5, 0.6) is 0 Å². The number of anilines is 1. The second kappa shape index (κ2) is 8.43. The standard InChI is InChI=1S/C20H22BrN5O/c1-4-5-16(20(27)25-19-9-7-17(21)13(2)24-19)14-6-8-18(22-10-14)15-11-23-26(3)12-15/h6-12,16H,4-5H2,1-3H3,(H,24,25,27). The Kier molecular flexibility index (Phi) is 6.01. The maximum absolute atomic E-state index is 12.9. The fourth-order valence-corrected chi connectivity index (χ4v) is 3.12. The van der Waals surface area contributed by atoms with Crippen molar-refractivity contribution < 1.29 is 4.79 Å². The van der Waals surface area contributed by atoms with Gasteiger partial charge in [-0.05, 0) is 53.0 Å². The van der Waals surface area contributed by atoms with E-state index in [1.165, 1.54) is 0 Å². The highest BCUT2D eigenvalue weighted by molar-refractivity contribution is 9.10. The number of carbonyl (C=O) groups is 1. The van der Waals surface area contributed by atoms with Gasteiger partial charge in [0.2, 0.25) is 5.91 Å². The Hall–Kier alpha value is -2.54. The molecule has 1 N–H and O–H groups in total. The van der Waals surface area contributed by atoms with Crippen molar-refractivity contribution in [1.29, 1.82) is 0 Å². The van der Waals surface area contributed by atoms with Crippen LogP contribution in [0, 0.1) is 6.92 Å². The summed E-state index contributed by atoms with van der Waals surface area (Å²) in [5, 5.41) is 7.10. The quantitative estimate of drug-likeness (QED) is 0.629. The summed E-state index contributed by atoms with van der Waals surface area (Å²) < 4.78 is 2.66. The lowest BCUT2D eigenvalue weighted by Crippen LogP contribution is -2.22. The highest BCUT2D eigenvalue weighted by atomic mass is 79.9. The van der Waals surface area contributed by atoms with E-state index in [0.717, 1.165) is 39.8 Å². The van der Waals surface area contributed by atoms with Crippen LogP contribution >= 0.6 is 15.9 Å². The van der Waals surface area contributed by atoms with E-state index in [1.54, 1.807) is 23.1 Å². The van der Waals surface area contributed by atoms with Crippen LogP contribution in [0.2, 0.25) is 0 Å². The van der Waals surface area contributed by atoms with E-state index in [1.807, 2.05) is 38.4 Å². The van der Waals surface area contributed by atoms with Gasteiger partial charge < -0.3 is 5.32 Å². The maximum atomic E-state index is 12.9. The van der Waals surface area contributed by atoms with Crippen molar-refractivity contribution in [2.45, 2.75) is 32.6 Å². The molecule has 6 nitrogen and oxygen atoms in total. The molecule has 0 bridgehead atoms. The number of nitrogens with zero attached hydrogens (tertiary/aromatic N) is 4. The molecule has 0 fully saturated rings. The van der Waals surface area contributed by atoms with Crippen LogP contribution in [0.1, 0.15) is 36.9 Å². The minimum absolute atomic E-state index is 0.0676. The monoisotopic (exact) mass is 427 g/mol. The summed E-state index contributed by atoms with van der Waals surface area (Å²) in [6.45, 7) is 3.96. The maximum Gasteiger partial charge on any atom is 0.233 e. The largest absolute Gasteiger partial charge is 0.310 e. The first-order valence-corrected chi connectivity index (χ1v) is 9.66. The zero-order valence-electron chi connectivity index (χ0n) is 15.6. The lowest BCUT2D eigenvalue weighted by Gasteiger charge is -2.16. The fourth-order valence-electron chi connectivity index (χ4n) is 2.90. The molecule has 1 unspecified atom stereocenters. The van der Waals surface area contributed by atoms with E-state index >= 15 is 0 Å². The SMILES string of the molecule is CCCC(C(=O)Nc1ccc(Br)c(C)n1)c1ccc(-c2cnn(C)c2)nc1. The highest BCUT2D eigenvalue weighted by Gasteiger charge is 2.21. The van der Waals surface area contributed by atoms with Crippen LogP contribution in [0.25, 0.3) is 11.3 Å². The van der Waals surface area contributed by atoms with Gasteiger partial charge in [-0.25, -0.2) is 4.98 Å². The van der Waals surface area contributed by atoms with E-state index in [2.05, 4.69) is 43.2 Å². The van der Waals surface area contributed by atoms with Crippen molar-refractivity contribution in [1.82, 2.24) is 19.7 Å². The number of rotatable bonds is 6. The number of aromatic nitrogens is 4. The number of hydrogen-bond acceptors (Lipinski definition) is 4. The van der Waals surface area contributed by atoms with Gasteiger partial charge in [0.05, 0.1) is 23.5 Å². The number of pyridine rings is 2. The average Bonchev–Trinajstić information content (AvgIpc) is 3.09. The number of aryl methyl sites for hydroxylation is 2. The van der Waals surface area contributed by atoms with Crippen molar-refractivity contribution in [2.24, 2.45) is 7.05 Å². The number of amides is 1. The zero-order valence-corrected chi connectivity index (χ0v) is 17.2. The van der Waals surface area contributed by atoms with Gasteiger partial charge in [0.15, 0.2) is 0 Å². The summed E-state index contributed by atoms with van der Waals surface area (Å²) in [4.78, 5) is 21.8. The van der Waals surface area contributed by atoms with E-state index < -0.39 is 0 Å². The molecule has 27 heavy (non-hydrogen) atoms. The van der Waals surface area contributed by atoms with Crippen LogP contribution in [-0.4, -0.2) is 25.7 Å². The molecule has 3 heterocycles. The molecule has 0 aliphatic carbocycles. The molecule has 0 aromatic carbocycles. The highest BCUT2D eigenvalue weighted by Crippen LogP contribution is 2.25. The van der Waals surface area contributed by atoms with Crippen molar-refractivity contribution >= 4 is 27.7 Å². The van der Waals surface area contributed by atoms with Gasteiger partial charge in [0, 0.05) is 29.5 Å². The van der Waals surface area contributed by atoms with Gasteiger partial charge in [-0.15, -0.1) is 0 Å². The topological polar surface area (TPSA) is 72.7 Å². The molecule has 1 atom stereocenters. The fraction of sp³-hybridized carbons (Fsp3) is 0.300. The van der Waals surface area contributed by atoms with E-state index in [4.69, 9.17) is 0 Å². The van der Waals surface area contributed by atoms with Crippen LogP contribution < -0.4 is 5.32 Å². The molecular weight excluding hydrogens is 406 g/mol. The lowest BCUT2D eigenvalue weighted by molar-refractivity contribution is -0.117. The van der Waals surface area contributed by atoms with Crippen LogP contribution in [0.15, 0.2) is 47.3 Å². The predicted molar refractivity (Wildman–Crippen MR) is 109 cm³/mol. The molecule has 140 valence electrons. The number of hydrogen-bond donors (Lipinski definition) is 1. The van der Waals surface area contributed by atoms with E-state index in [0.29, 0.717) is 5.82 Å². The number of halogens is 1. The number of nitrogens with one attached hydrogen (secondary N) is 1. The molecular formula is C20H22BrN5O. The van der Waals surface area contributed by atoms with E-state index in [9.17, 15) is 4.79 Å². The molecule has 0 aliphatic heterocycles. The first kappa shape index (κ1) is 19.2. The molecule has 1 amide bonds. The molecule has 3 aromatic rings. The summed E-state index contributed by atoms with van der Waals surface area (Å²) >= 11 is 3.42. The predicted octanol–water partition coefficient (Wildman–Crippen LogP) is 4.47. The van der Waals surface area contributed by atoms with Gasteiger partial charge >= 0.3 is 0 Å². The smallest absolute Gasteiger partial charge is 0.233 e. The van der Waals surface area contributed by atoms with Gasteiger partial charge in [-0.3, -0.25) is 14.5 Å². The van der Waals surface area contributed by atoms with E-state index in [-0.39, 0.29) is 11.8 Å². The molecule has 0 radical (unpaired) electrons. The molecule has 0 spiro atoms. The molecule has 0 aliphatic rings. The Balaban J connectivity index is 1.79. The average molecular weight is 428 g/mol. The van der Waals surface area contributed by atoms with Crippen molar-refractivity contribution in [3.63, 3.8) is 0 Å². The summed E-state index contributed by atoms with van der Waals surface area (Å²) in [7, 11) is 1.87. The summed E-state index contributed by atoms with van der Waals surface area (Å²) in [6.07, 6.45) is 7.12. The van der Waals surface area contributed by atoms with Gasteiger partial charge in [0.1, 0.15) is 5.82 Å². The van der Waals surface area contributed by atoms with Gasteiger partial charge in [0.25, 0.3) is 0 Å². The Morgan fingerprint density at radius 1 is 1.26 bits per heavy atom. The Morgan fingerprint density at radius 3 is 2.67 bits per heavy atom. The van der Waals surface area contributed by atoms with Gasteiger partial charge in [-0.1, -0.05) is 19.4 Å². The Morgan fingerprint density at radius 2 is 2.07 bits per heavy atom. The summed E-state index contributed by atoms with van der Waals surface area (Å²) in [5.41, 5.74) is 3.53. The molecule has 0 saturated carbocycles. The van der Waals surface area contributed by atoms with Crippen LogP contribution in [0.3, 0.4) is 0 Å². The van der Waals surface area contributed by atoms with Crippen LogP contribution in [0.4, 0.5) is 5.82 Å². The molecule has 3 aromatic heterocycles. The third kappa shape index (κ3) is 4.60. The molecule has 3 rings (SSSR count). The zero-order chi connectivity index (χ0) is 19.4. The Bertz CT molecular complexity index is 936. The third-order valence-electron chi connectivity index (χ3n) is 4.36. The minimum Gasteiger partial charge on any atom is -0.310 e. The summed E-state index contributed by atoms with van der Waals surface area (Å²) in [6, 6.07) is 7.58. The normalized spacial score (nSPS) is 12.0. The third-order valence-corrected chi connectivity index (χ3v) is 5.19. The molecule has 7 heteroatoms. The van der Waals surface area contributed by atoms with Crippen LogP contribution in [-0.2, 0) is 11.8 Å². The van der Waals surface area contributed by atoms with Crippen molar-refractivity contribution in [2.75, 3.05) is 5.32 Å². The summed E-state index contributed by atoms with van der Waals surface area (Å²) in [5.74, 6) is 0.222. The van der Waals surface area contributed by atoms with Crippen molar-refractivity contribution in [3.8, 4) is 11.3 Å². The Labute approximate surface area is 167 Å². The first-order valence-electron chi connectivity index (χ1n) is 8.87. The lowest BCUT2D eigenvalue weighted by atomic mass is 9.94. The number of carbonyl (C=O) groups excluding carboxylic acids is 1. The minimum atomic E-state index is -0.267. The second-order valence-corrected chi connectivity index (χ2v) is 7.33. The first-order chi connectivity index (χ1) is 13.0. The van der Waals surface area contributed by atoms with Gasteiger partial charge in [-0.2, -0.15) is 5.10 Å². The molecule has 0 saturated heterocycles. The second-order valence-electron chi connectivity index (χ2n) is 6.47. The van der Waals surface area contributed by atoms with Crippen molar-refractivity contribution in [3.05, 3.63) is 58.6 Å².